The van der Waals surface area contributed by atoms with Crippen LogP contribution in [0.5, 0.6) is 0 Å². The van der Waals surface area contributed by atoms with Crippen molar-refractivity contribution in [1.82, 2.24) is 0 Å². The van der Waals surface area contributed by atoms with Crippen LogP contribution in [0, 0.1) is 11.8 Å². The summed E-state index contributed by atoms with van der Waals surface area (Å²) in [7, 11) is -1.92. The number of ether oxygens (including phenoxy) is 2. The molecular formula is C22H44O3Si. The molecule has 1 saturated heterocycles. The molecule has 1 heterocycles. The molecule has 0 aliphatic carbocycles. The Morgan fingerprint density at radius 1 is 1.08 bits per heavy atom. The lowest BCUT2D eigenvalue weighted by atomic mass is 9.96. The number of allylic oxidation sites excluding steroid dienone is 1. The molecule has 1 fully saturated rings. The van der Waals surface area contributed by atoms with Crippen molar-refractivity contribution in [3.63, 3.8) is 0 Å². The molecular weight excluding hydrogens is 340 g/mol. The van der Waals surface area contributed by atoms with Crippen molar-refractivity contribution < 1.29 is 13.9 Å². The van der Waals surface area contributed by atoms with Crippen LogP contribution in [0.15, 0.2) is 12.2 Å². The van der Waals surface area contributed by atoms with E-state index in [0.29, 0.717) is 11.8 Å². The van der Waals surface area contributed by atoms with Crippen LogP contribution in [0.4, 0.5) is 0 Å². The summed E-state index contributed by atoms with van der Waals surface area (Å²) in [4.78, 5) is 0. The third kappa shape index (κ3) is 6.47. The molecule has 1 rings (SSSR count). The first-order valence-electron chi connectivity index (χ1n) is 10.4. The standard InChI is InChI=1S/C22H44O3Si/c1-12-13-18-20(24-22(8,9)23-18)19(15-14-17(4)16(2)3)25-26(10,11)21(5,6)7/h14-20H,12-13H2,1-11H3/b15-14-/t17-,18+,19?,20+/m1/s1. The minimum Gasteiger partial charge on any atom is -0.408 e. The van der Waals surface area contributed by atoms with Gasteiger partial charge in [0.05, 0.1) is 12.2 Å². The molecule has 1 unspecified atom stereocenters. The maximum absolute atomic E-state index is 6.83. The first kappa shape index (κ1) is 23.9. The Morgan fingerprint density at radius 3 is 2.12 bits per heavy atom. The van der Waals surface area contributed by atoms with Crippen LogP contribution in [-0.2, 0) is 13.9 Å². The SMILES string of the molecule is CCC[C@@H]1OC(C)(C)O[C@@H]1C(/C=C\[C@@H](C)C(C)C)O[Si](C)(C)C(C)(C)C. The molecule has 1 aliphatic rings. The summed E-state index contributed by atoms with van der Waals surface area (Å²) in [6.07, 6.45) is 6.62. The van der Waals surface area contributed by atoms with Gasteiger partial charge in [0.1, 0.15) is 6.10 Å². The van der Waals surface area contributed by atoms with Crippen LogP contribution in [0.2, 0.25) is 18.1 Å². The van der Waals surface area contributed by atoms with E-state index in [9.17, 15) is 0 Å². The first-order valence-corrected chi connectivity index (χ1v) is 13.3. The van der Waals surface area contributed by atoms with Crippen molar-refractivity contribution in [2.75, 3.05) is 0 Å². The van der Waals surface area contributed by atoms with Gasteiger partial charge in [0, 0.05) is 0 Å². The normalized spacial score (nSPS) is 26.6. The monoisotopic (exact) mass is 384 g/mol. The minimum atomic E-state index is -1.92. The summed E-state index contributed by atoms with van der Waals surface area (Å²) in [6, 6.07) is 0. The van der Waals surface area contributed by atoms with Crippen molar-refractivity contribution in [3.05, 3.63) is 12.2 Å². The highest BCUT2D eigenvalue weighted by Crippen LogP contribution is 2.40. The molecule has 0 radical (unpaired) electrons. The fraction of sp³-hybridized carbons (Fsp3) is 0.909. The van der Waals surface area contributed by atoms with E-state index in [0.717, 1.165) is 12.8 Å². The van der Waals surface area contributed by atoms with Crippen LogP contribution >= 0.6 is 0 Å². The van der Waals surface area contributed by atoms with E-state index < -0.39 is 14.1 Å². The Morgan fingerprint density at radius 2 is 1.65 bits per heavy atom. The van der Waals surface area contributed by atoms with Gasteiger partial charge in [-0.25, -0.2) is 0 Å². The maximum atomic E-state index is 6.83. The van der Waals surface area contributed by atoms with E-state index in [-0.39, 0.29) is 23.4 Å². The van der Waals surface area contributed by atoms with Crippen molar-refractivity contribution in [2.45, 2.75) is 117 Å². The van der Waals surface area contributed by atoms with Crippen LogP contribution in [0.25, 0.3) is 0 Å². The van der Waals surface area contributed by atoms with Gasteiger partial charge in [-0.3, -0.25) is 0 Å². The lowest BCUT2D eigenvalue weighted by Gasteiger charge is -2.40. The van der Waals surface area contributed by atoms with E-state index >= 15 is 0 Å². The fourth-order valence-corrected chi connectivity index (χ4v) is 4.14. The van der Waals surface area contributed by atoms with E-state index in [4.69, 9.17) is 13.9 Å². The van der Waals surface area contributed by atoms with Crippen LogP contribution < -0.4 is 0 Å². The molecule has 3 nitrogen and oxygen atoms in total. The van der Waals surface area contributed by atoms with Crippen molar-refractivity contribution in [3.8, 4) is 0 Å². The van der Waals surface area contributed by atoms with Gasteiger partial charge in [0.15, 0.2) is 14.1 Å². The average Bonchev–Trinajstić information content (AvgIpc) is 2.76. The Balaban J connectivity index is 3.14. The predicted molar refractivity (Wildman–Crippen MR) is 114 cm³/mol. The number of hydrogen-bond acceptors (Lipinski definition) is 3. The van der Waals surface area contributed by atoms with E-state index in [1.165, 1.54) is 0 Å². The van der Waals surface area contributed by atoms with Crippen LogP contribution in [0.1, 0.15) is 75.2 Å². The molecule has 0 N–H and O–H groups in total. The zero-order chi connectivity index (χ0) is 20.3. The van der Waals surface area contributed by atoms with Crippen molar-refractivity contribution >= 4 is 8.32 Å². The molecule has 26 heavy (non-hydrogen) atoms. The minimum absolute atomic E-state index is 0.0466. The first-order chi connectivity index (χ1) is 11.7. The predicted octanol–water partition coefficient (Wildman–Crippen LogP) is 6.55. The highest BCUT2D eigenvalue weighted by Gasteiger charge is 2.47. The topological polar surface area (TPSA) is 27.7 Å². The molecule has 0 saturated carbocycles. The highest BCUT2D eigenvalue weighted by atomic mass is 28.4. The van der Waals surface area contributed by atoms with Crippen LogP contribution in [-0.4, -0.2) is 32.4 Å². The largest absolute Gasteiger partial charge is 0.408 e. The molecule has 4 atom stereocenters. The second-order valence-electron chi connectivity index (χ2n) is 10.3. The summed E-state index contributed by atoms with van der Waals surface area (Å²) < 4.78 is 19.4. The molecule has 4 heteroatoms. The molecule has 0 aromatic heterocycles. The summed E-state index contributed by atoms with van der Waals surface area (Å²) in [5.74, 6) is 0.584. The molecule has 0 aromatic rings. The zero-order valence-electron chi connectivity index (χ0n) is 19.2. The fourth-order valence-electron chi connectivity index (χ4n) is 2.89. The Kier molecular flexibility index (Phi) is 8.17. The summed E-state index contributed by atoms with van der Waals surface area (Å²) in [5.41, 5.74) is 0. The Bertz CT molecular complexity index is 462. The summed E-state index contributed by atoms with van der Waals surface area (Å²) >= 11 is 0. The van der Waals surface area contributed by atoms with Gasteiger partial charge in [0.2, 0.25) is 0 Å². The van der Waals surface area contributed by atoms with E-state index in [1.54, 1.807) is 0 Å². The summed E-state index contributed by atoms with van der Waals surface area (Å²) in [6.45, 7) is 24.5. The van der Waals surface area contributed by atoms with E-state index in [1.807, 2.05) is 13.8 Å². The molecule has 0 bridgehead atoms. The van der Waals surface area contributed by atoms with Gasteiger partial charge in [-0.05, 0) is 50.2 Å². The highest BCUT2D eigenvalue weighted by molar-refractivity contribution is 6.74. The lowest BCUT2D eigenvalue weighted by molar-refractivity contribution is -0.152. The Labute approximate surface area is 164 Å². The third-order valence-corrected chi connectivity index (χ3v) is 10.5. The van der Waals surface area contributed by atoms with Crippen molar-refractivity contribution in [1.29, 1.82) is 0 Å². The molecule has 154 valence electrons. The smallest absolute Gasteiger partial charge is 0.193 e. The average molecular weight is 385 g/mol. The molecule has 0 spiro atoms. The lowest BCUT2D eigenvalue weighted by Crippen LogP contribution is -2.48. The maximum Gasteiger partial charge on any atom is 0.193 e. The quantitative estimate of drug-likeness (QED) is 0.351. The molecule has 0 amide bonds. The van der Waals surface area contributed by atoms with Gasteiger partial charge in [-0.1, -0.05) is 67.0 Å². The van der Waals surface area contributed by atoms with E-state index in [2.05, 4.69) is 73.7 Å². The number of hydrogen-bond donors (Lipinski definition) is 0. The van der Waals surface area contributed by atoms with Gasteiger partial charge < -0.3 is 13.9 Å². The zero-order valence-corrected chi connectivity index (χ0v) is 20.2. The molecule has 1 aliphatic heterocycles. The Hall–Kier alpha value is -0.163. The van der Waals surface area contributed by atoms with Crippen molar-refractivity contribution in [2.24, 2.45) is 11.8 Å². The van der Waals surface area contributed by atoms with Crippen LogP contribution in [0.3, 0.4) is 0 Å². The van der Waals surface area contributed by atoms with Gasteiger partial charge >= 0.3 is 0 Å². The third-order valence-electron chi connectivity index (χ3n) is 6.01. The summed E-state index contributed by atoms with van der Waals surface area (Å²) in [5, 5.41) is 0.165. The second-order valence-corrected chi connectivity index (χ2v) is 15.0. The van der Waals surface area contributed by atoms with Gasteiger partial charge in [0.25, 0.3) is 0 Å². The molecule has 0 aromatic carbocycles. The second kappa shape index (κ2) is 8.89. The number of rotatable bonds is 8. The van der Waals surface area contributed by atoms with Gasteiger partial charge in [-0.15, -0.1) is 0 Å². The van der Waals surface area contributed by atoms with Gasteiger partial charge in [-0.2, -0.15) is 0 Å².